The van der Waals surface area contributed by atoms with Crippen LogP contribution in [-0.4, -0.2) is 30.2 Å². The molecule has 1 heterocycles. The van der Waals surface area contributed by atoms with Crippen molar-refractivity contribution >= 4 is 11.0 Å². The fourth-order valence-corrected chi connectivity index (χ4v) is 4.02. The third-order valence-electron chi connectivity index (χ3n) is 5.49. The zero-order valence-corrected chi connectivity index (χ0v) is 14.9. The maximum atomic E-state index is 11.9. The van der Waals surface area contributed by atoms with Crippen molar-refractivity contribution in [2.24, 2.45) is 5.41 Å². The molecule has 0 aliphatic heterocycles. The molecule has 0 radical (unpaired) electrons. The molecular formula is C20H27NO3. The largest absolute Gasteiger partial charge is 0.423 e. The number of aliphatic hydroxyl groups excluding tert-OH is 1. The number of nitrogens with zero attached hydrogens (tertiary/aromatic N) is 1. The molecule has 0 spiro atoms. The molecular weight excluding hydrogens is 302 g/mol. The first-order valence-corrected chi connectivity index (χ1v) is 8.76. The van der Waals surface area contributed by atoms with Crippen molar-refractivity contribution < 1.29 is 9.52 Å². The van der Waals surface area contributed by atoms with Crippen molar-refractivity contribution in [1.29, 1.82) is 0 Å². The van der Waals surface area contributed by atoms with Crippen LogP contribution >= 0.6 is 0 Å². The van der Waals surface area contributed by atoms with Crippen LogP contribution in [0.4, 0.5) is 0 Å². The van der Waals surface area contributed by atoms with E-state index in [9.17, 15) is 9.90 Å². The molecule has 1 N–H and O–H groups in total. The van der Waals surface area contributed by atoms with Gasteiger partial charge in [0, 0.05) is 36.6 Å². The fraction of sp³-hybridized carbons (Fsp3) is 0.550. The minimum absolute atomic E-state index is 0.0243. The number of benzene rings is 1. The van der Waals surface area contributed by atoms with E-state index < -0.39 is 0 Å². The molecule has 4 heteroatoms. The highest BCUT2D eigenvalue weighted by Crippen LogP contribution is 2.38. The maximum absolute atomic E-state index is 11.9. The molecule has 1 saturated carbocycles. The van der Waals surface area contributed by atoms with Crippen molar-refractivity contribution in [3.05, 3.63) is 45.3 Å². The van der Waals surface area contributed by atoms with Crippen LogP contribution in [-0.2, 0) is 6.54 Å². The number of aliphatic hydroxyl groups is 1. The van der Waals surface area contributed by atoms with Crippen molar-refractivity contribution in [3.63, 3.8) is 0 Å². The molecule has 4 nitrogen and oxygen atoms in total. The van der Waals surface area contributed by atoms with Crippen LogP contribution < -0.4 is 5.63 Å². The molecule has 1 aliphatic rings. The first kappa shape index (κ1) is 17.2. The van der Waals surface area contributed by atoms with Crippen LogP contribution in [0.15, 0.2) is 27.4 Å². The Bertz CT molecular complexity index is 787. The molecule has 1 aliphatic carbocycles. The Labute approximate surface area is 143 Å². The average Bonchev–Trinajstić information content (AvgIpc) is 2.98. The summed E-state index contributed by atoms with van der Waals surface area (Å²) in [4.78, 5) is 14.1. The van der Waals surface area contributed by atoms with Crippen molar-refractivity contribution in [3.8, 4) is 0 Å². The predicted octanol–water partition coefficient (Wildman–Crippen LogP) is 3.39. The summed E-state index contributed by atoms with van der Waals surface area (Å²) in [5, 5.41) is 10.8. The highest BCUT2D eigenvalue weighted by molar-refractivity contribution is 5.81. The molecule has 0 bridgehead atoms. The van der Waals surface area contributed by atoms with Crippen molar-refractivity contribution in [2.75, 3.05) is 20.2 Å². The molecule has 1 aromatic heterocycles. The zero-order chi connectivity index (χ0) is 17.3. The molecule has 130 valence electrons. The predicted molar refractivity (Wildman–Crippen MR) is 96.3 cm³/mol. The summed E-state index contributed by atoms with van der Waals surface area (Å²) in [5.41, 5.74) is 3.71. The summed E-state index contributed by atoms with van der Waals surface area (Å²) >= 11 is 0. The lowest BCUT2D eigenvalue weighted by atomic mass is 9.86. The average molecular weight is 329 g/mol. The first-order chi connectivity index (χ1) is 11.4. The van der Waals surface area contributed by atoms with E-state index in [0.717, 1.165) is 35.9 Å². The minimum Gasteiger partial charge on any atom is -0.423 e. The Morgan fingerprint density at radius 2 is 1.83 bits per heavy atom. The molecule has 0 atom stereocenters. The number of aryl methyl sites for hydroxylation is 2. The van der Waals surface area contributed by atoms with E-state index in [1.807, 2.05) is 13.0 Å². The second-order valence-electron chi connectivity index (χ2n) is 7.56. The molecule has 24 heavy (non-hydrogen) atoms. The van der Waals surface area contributed by atoms with Gasteiger partial charge < -0.3 is 14.4 Å². The van der Waals surface area contributed by atoms with Crippen LogP contribution in [0.5, 0.6) is 0 Å². The van der Waals surface area contributed by atoms with Gasteiger partial charge in [0.05, 0.1) is 0 Å². The van der Waals surface area contributed by atoms with Gasteiger partial charge in [-0.25, -0.2) is 4.79 Å². The van der Waals surface area contributed by atoms with Gasteiger partial charge in [-0.3, -0.25) is 0 Å². The monoisotopic (exact) mass is 329 g/mol. The van der Waals surface area contributed by atoms with Gasteiger partial charge in [-0.15, -0.1) is 0 Å². The molecule has 0 saturated heterocycles. The van der Waals surface area contributed by atoms with Crippen LogP contribution in [0, 0.1) is 19.3 Å². The Morgan fingerprint density at radius 1 is 1.17 bits per heavy atom. The van der Waals surface area contributed by atoms with Gasteiger partial charge in [0.15, 0.2) is 0 Å². The smallest absolute Gasteiger partial charge is 0.336 e. The number of rotatable bonds is 5. The van der Waals surface area contributed by atoms with Crippen LogP contribution in [0.1, 0.15) is 42.4 Å². The summed E-state index contributed by atoms with van der Waals surface area (Å²) in [6.45, 7) is 5.89. The maximum Gasteiger partial charge on any atom is 0.336 e. The molecule has 1 aromatic carbocycles. The first-order valence-electron chi connectivity index (χ1n) is 8.76. The zero-order valence-electron chi connectivity index (χ0n) is 14.9. The van der Waals surface area contributed by atoms with Crippen LogP contribution in [0.3, 0.4) is 0 Å². The molecule has 3 rings (SSSR count). The van der Waals surface area contributed by atoms with Gasteiger partial charge in [-0.05, 0) is 62.6 Å². The Balaban J connectivity index is 1.89. The summed E-state index contributed by atoms with van der Waals surface area (Å²) in [7, 11) is 2.07. The van der Waals surface area contributed by atoms with Gasteiger partial charge in [0.25, 0.3) is 0 Å². The van der Waals surface area contributed by atoms with E-state index in [-0.39, 0.29) is 17.6 Å². The topological polar surface area (TPSA) is 53.7 Å². The summed E-state index contributed by atoms with van der Waals surface area (Å²) in [6, 6.07) is 5.66. The number of fused-ring (bicyclic) bond motifs is 1. The minimum atomic E-state index is -0.299. The lowest BCUT2D eigenvalue weighted by Gasteiger charge is -2.32. The van der Waals surface area contributed by atoms with E-state index in [1.165, 1.54) is 18.4 Å². The van der Waals surface area contributed by atoms with Gasteiger partial charge in [0.2, 0.25) is 0 Å². The lowest BCUT2D eigenvalue weighted by Crippen LogP contribution is -2.36. The normalized spacial score (nSPS) is 17.0. The van der Waals surface area contributed by atoms with Crippen LogP contribution in [0.25, 0.3) is 11.0 Å². The van der Waals surface area contributed by atoms with E-state index in [0.29, 0.717) is 12.1 Å². The number of hydrogen-bond acceptors (Lipinski definition) is 4. The Morgan fingerprint density at radius 3 is 2.50 bits per heavy atom. The van der Waals surface area contributed by atoms with E-state index in [4.69, 9.17) is 4.42 Å². The van der Waals surface area contributed by atoms with Gasteiger partial charge >= 0.3 is 5.63 Å². The molecule has 0 amide bonds. The van der Waals surface area contributed by atoms with Gasteiger partial charge in [0.1, 0.15) is 5.58 Å². The molecule has 2 aromatic rings. The second kappa shape index (κ2) is 6.69. The third kappa shape index (κ3) is 3.40. The quantitative estimate of drug-likeness (QED) is 0.854. The molecule has 1 fully saturated rings. The Kier molecular flexibility index (Phi) is 4.79. The highest BCUT2D eigenvalue weighted by Gasteiger charge is 2.34. The molecule has 0 unspecified atom stereocenters. The van der Waals surface area contributed by atoms with Crippen molar-refractivity contribution in [2.45, 2.75) is 46.1 Å². The summed E-state index contributed by atoms with van der Waals surface area (Å²) < 4.78 is 5.38. The third-order valence-corrected chi connectivity index (χ3v) is 5.49. The number of hydrogen-bond donors (Lipinski definition) is 1. The Hall–Kier alpha value is -1.65. The SMILES string of the molecule is Cc1cc2oc(=O)cc(CN(C)CC3(CO)CCCC3)c2cc1C. The second-order valence-corrected chi connectivity index (χ2v) is 7.56. The fourth-order valence-electron chi connectivity index (χ4n) is 4.02. The van der Waals surface area contributed by atoms with E-state index >= 15 is 0 Å². The lowest BCUT2D eigenvalue weighted by molar-refractivity contribution is 0.0865. The summed E-state index contributed by atoms with van der Waals surface area (Å²) in [6.07, 6.45) is 4.57. The van der Waals surface area contributed by atoms with Crippen LogP contribution in [0.2, 0.25) is 0 Å². The van der Waals surface area contributed by atoms with E-state index in [2.05, 4.69) is 24.9 Å². The van der Waals surface area contributed by atoms with Gasteiger partial charge in [-0.1, -0.05) is 12.8 Å². The van der Waals surface area contributed by atoms with Gasteiger partial charge in [-0.2, -0.15) is 0 Å². The standard InChI is InChI=1S/C20H27NO3/c1-14-8-17-16(10-19(23)24-18(17)9-15(14)2)11-21(3)12-20(13-22)6-4-5-7-20/h8-10,22H,4-7,11-13H2,1-3H3. The summed E-state index contributed by atoms with van der Waals surface area (Å²) in [5.74, 6) is 0. The highest BCUT2D eigenvalue weighted by atomic mass is 16.4. The van der Waals surface area contributed by atoms with Crippen molar-refractivity contribution in [1.82, 2.24) is 4.90 Å². The van der Waals surface area contributed by atoms with E-state index in [1.54, 1.807) is 6.07 Å².